The molecule has 1 saturated heterocycles. The van der Waals surface area contributed by atoms with E-state index in [1.807, 2.05) is 7.05 Å². The Labute approximate surface area is 119 Å². The second kappa shape index (κ2) is 5.38. The van der Waals surface area contributed by atoms with Gasteiger partial charge in [0.1, 0.15) is 17.7 Å². The number of benzene rings is 1. The molecule has 1 aromatic carbocycles. The number of aromatic nitrogens is 2. The van der Waals surface area contributed by atoms with E-state index in [2.05, 4.69) is 15.0 Å². The summed E-state index contributed by atoms with van der Waals surface area (Å²) in [5, 5.41) is 3.80. The molecule has 0 spiro atoms. The lowest BCUT2D eigenvalue weighted by Crippen LogP contribution is -2.35. The summed E-state index contributed by atoms with van der Waals surface area (Å²) in [6, 6.07) is 1.83. The topological polar surface area (TPSA) is 77.4 Å². The van der Waals surface area contributed by atoms with Gasteiger partial charge < -0.3 is 19.9 Å². The minimum atomic E-state index is -0.826. The van der Waals surface area contributed by atoms with Gasteiger partial charge in [0.2, 0.25) is 5.82 Å². The van der Waals surface area contributed by atoms with Crippen molar-refractivity contribution in [3.05, 3.63) is 29.6 Å². The summed E-state index contributed by atoms with van der Waals surface area (Å²) < 4.78 is 37.5. The maximum absolute atomic E-state index is 13.8. The normalized spacial score (nSPS) is 19.9. The first-order valence-corrected chi connectivity index (χ1v) is 6.43. The third-order valence-corrected chi connectivity index (χ3v) is 3.32. The number of hydrogen-bond donors (Lipinski definition) is 1. The number of hydrogen-bond acceptors (Lipinski definition) is 6. The van der Waals surface area contributed by atoms with Crippen molar-refractivity contribution in [3.63, 3.8) is 0 Å². The molecule has 6 nitrogen and oxygen atoms in total. The van der Waals surface area contributed by atoms with E-state index in [4.69, 9.17) is 15.0 Å². The summed E-state index contributed by atoms with van der Waals surface area (Å²) in [5.74, 6) is -1.35. The number of nitrogen functional groups attached to an aromatic ring is 1. The standard InChI is InChI=1S/C13H14F2N4O2/c1-19-2-3-20-11(6-19)12-17-13(21-18-12)7-4-10(16)9(15)5-8(7)14/h4-5,11H,2-3,6,16H2,1H3. The van der Waals surface area contributed by atoms with Gasteiger partial charge in [0.05, 0.1) is 17.9 Å². The van der Waals surface area contributed by atoms with Crippen LogP contribution in [0.1, 0.15) is 11.9 Å². The van der Waals surface area contributed by atoms with Crippen LogP contribution in [-0.4, -0.2) is 41.8 Å². The zero-order valence-electron chi connectivity index (χ0n) is 11.3. The van der Waals surface area contributed by atoms with Crippen molar-refractivity contribution in [2.45, 2.75) is 6.10 Å². The lowest BCUT2D eigenvalue weighted by Gasteiger charge is -2.27. The molecule has 8 heteroatoms. The monoisotopic (exact) mass is 296 g/mol. The Balaban J connectivity index is 1.90. The molecule has 1 unspecified atom stereocenters. The zero-order chi connectivity index (χ0) is 15.0. The highest BCUT2D eigenvalue weighted by Crippen LogP contribution is 2.27. The van der Waals surface area contributed by atoms with E-state index in [0.717, 1.165) is 12.6 Å². The molecular formula is C13H14F2N4O2. The highest BCUT2D eigenvalue weighted by molar-refractivity contribution is 5.61. The minimum absolute atomic E-state index is 0.0307. The van der Waals surface area contributed by atoms with Crippen molar-refractivity contribution >= 4 is 5.69 Å². The van der Waals surface area contributed by atoms with Gasteiger partial charge in [0, 0.05) is 19.2 Å². The fourth-order valence-corrected chi connectivity index (χ4v) is 2.14. The molecule has 0 amide bonds. The van der Waals surface area contributed by atoms with Gasteiger partial charge in [0.25, 0.3) is 5.89 Å². The van der Waals surface area contributed by atoms with Crippen LogP contribution >= 0.6 is 0 Å². The van der Waals surface area contributed by atoms with E-state index in [1.54, 1.807) is 0 Å². The van der Waals surface area contributed by atoms with Gasteiger partial charge in [-0.2, -0.15) is 4.98 Å². The number of nitrogens with two attached hydrogens (primary N) is 1. The third-order valence-electron chi connectivity index (χ3n) is 3.32. The number of nitrogens with zero attached hydrogens (tertiary/aromatic N) is 3. The Morgan fingerprint density at radius 3 is 2.90 bits per heavy atom. The SMILES string of the molecule is CN1CCOC(c2noc(-c3cc(N)c(F)cc3F)n2)C1. The molecule has 112 valence electrons. The van der Waals surface area contributed by atoms with Crippen molar-refractivity contribution in [2.75, 3.05) is 32.5 Å². The fourth-order valence-electron chi connectivity index (χ4n) is 2.14. The van der Waals surface area contributed by atoms with Crippen molar-refractivity contribution in [1.82, 2.24) is 15.0 Å². The molecular weight excluding hydrogens is 282 g/mol. The first-order valence-electron chi connectivity index (χ1n) is 6.43. The van der Waals surface area contributed by atoms with Gasteiger partial charge in [-0.15, -0.1) is 0 Å². The third kappa shape index (κ3) is 2.72. The van der Waals surface area contributed by atoms with E-state index in [-0.39, 0.29) is 23.2 Å². The van der Waals surface area contributed by atoms with Crippen LogP contribution in [-0.2, 0) is 4.74 Å². The predicted molar refractivity (Wildman–Crippen MR) is 70.3 cm³/mol. The van der Waals surface area contributed by atoms with Crippen LogP contribution in [0, 0.1) is 11.6 Å². The van der Waals surface area contributed by atoms with Crippen molar-refractivity contribution in [3.8, 4) is 11.5 Å². The molecule has 21 heavy (non-hydrogen) atoms. The van der Waals surface area contributed by atoms with E-state index in [9.17, 15) is 8.78 Å². The summed E-state index contributed by atoms with van der Waals surface area (Å²) in [5.41, 5.74) is 5.22. The Morgan fingerprint density at radius 1 is 1.33 bits per heavy atom. The molecule has 0 radical (unpaired) electrons. The molecule has 1 aliphatic rings. The maximum atomic E-state index is 13.8. The summed E-state index contributed by atoms with van der Waals surface area (Å²) in [6.07, 6.45) is -0.331. The smallest absolute Gasteiger partial charge is 0.261 e. The highest BCUT2D eigenvalue weighted by Gasteiger charge is 2.25. The summed E-state index contributed by atoms with van der Waals surface area (Å²) in [7, 11) is 1.96. The number of likely N-dealkylation sites (N-methyl/N-ethyl adjacent to an activating group) is 1. The molecule has 2 aromatic rings. The first kappa shape index (κ1) is 13.9. The van der Waals surface area contributed by atoms with Gasteiger partial charge in [-0.1, -0.05) is 5.16 Å². The molecule has 1 aromatic heterocycles. The molecule has 1 aliphatic heterocycles. The molecule has 0 aliphatic carbocycles. The second-order valence-corrected chi connectivity index (χ2v) is 4.93. The van der Waals surface area contributed by atoms with Crippen LogP contribution in [0.2, 0.25) is 0 Å². The van der Waals surface area contributed by atoms with E-state index >= 15 is 0 Å². The van der Waals surface area contributed by atoms with E-state index in [1.165, 1.54) is 0 Å². The minimum Gasteiger partial charge on any atom is -0.396 e. The molecule has 1 atom stereocenters. The maximum Gasteiger partial charge on any atom is 0.261 e. The first-order chi connectivity index (χ1) is 10.0. The second-order valence-electron chi connectivity index (χ2n) is 4.93. The van der Waals surface area contributed by atoms with E-state index in [0.29, 0.717) is 25.0 Å². The van der Waals surface area contributed by atoms with Crippen LogP contribution in [0.5, 0.6) is 0 Å². The largest absolute Gasteiger partial charge is 0.396 e. The van der Waals surface area contributed by atoms with Crippen molar-refractivity contribution in [2.24, 2.45) is 0 Å². The van der Waals surface area contributed by atoms with Crippen LogP contribution in [0.25, 0.3) is 11.5 Å². The molecule has 1 fully saturated rings. The predicted octanol–water partition coefficient (Wildman–Crippen LogP) is 1.60. The van der Waals surface area contributed by atoms with E-state index < -0.39 is 11.6 Å². The number of ether oxygens (including phenoxy) is 1. The Kier molecular flexibility index (Phi) is 3.56. The molecule has 2 heterocycles. The van der Waals surface area contributed by atoms with Gasteiger partial charge in [-0.3, -0.25) is 0 Å². The van der Waals surface area contributed by atoms with Gasteiger partial charge >= 0.3 is 0 Å². The summed E-state index contributed by atoms with van der Waals surface area (Å²) >= 11 is 0. The number of rotatable bonds is 2. The van der Waals surface area contributed by atoms with Gasteiger partial charge in [-0.25, -0.2) is 8.78 Å². The summed E-state index contributed by atoms with van der Waals surface area (Å²) in [6.45, 7) is 2.00. The van der Waals surface area contributed by atoms with Gasteiger partial charge in [-0.05, 0) is 13.1 Å². The zero-order valence-corrected chi connectivity index (χ0v) is 11.3. The molecule has 3 rings (SSSR count). The quantitative estimate of drug-likeness (QED) is 0.848. The number of anilines is 1. The van der Waals surface area contributed by atoms with Crippen LogP contribution in [0.3, 0.4) is 0 Å². The average Bonchev–Trinajstić information content (AvgIpc) is 2.92. The Bertz CT molecular complexity index is 662. The average molecular weight is 296 g/mol. The van der Waals surface area contributed by atoms with Gasteiger partial charge in [0.15, 0.2) is 0 Å². The number of halogens is 2. The fraction of sp³-hybridized carbons (Fsp3) is 0.385. The lowest BCUT2D eigenvalue weighted by molar-refractivity contribution is -0.0264. The molecule has 2 N–H and O–H groups in total. The molecule has 0 bridgehead atoms. The van der Waals surface area contributed by atoms with Crippen LogP contribution in [0.4, 0.5) is 14.5 Å². The molecule has 0 saturated carbocycles. The van der Waals surface area contributed by atoms with Crippen molar-refractivity contribution in [1.29, 1.82) is 0 Å². The Morgan fingerprint density at radius 2 is 2.14 bits per heavy atom. The lowest BCUT2D eigenvalue weighted by atomic mass is 10.2. The van der Waals surface area contributed by atoms with Crippen LogP contribution < -0.4 is 5.73 Å². The summed E-state index contributed by atoms with van der Waals surface area (Å²) in [4.78, 5) is 6.19. The Hall–Kier alpha value is -2.06. The highest BCUT2D eigenvalue weighted by atomic mass is 19.1. The van der Waals surface area contributed by atoms with Crippen molar-refractivity contribution < 1.29 is 18.0 Å². The van der Waals surface area contributed by atoms with Crippen LogP contribution in [0.15, 0.2) is 16.7 Å². The number of morpholine rings is 1.